The van der Waals surface area contributed by atoms with Gasteiger partial charge in [0, 0.05) is 24.7 Å². The predicted molar refractivity (Wildman–Crippen MR) is 66.6 cm³/mol. The second-order valence-electron chi connectivity index (χ2n) is 4.62. The van der Waals surface area contributed by atoms with Crippen molar-refractivity contribution in [1.29, 1.82) is 0 Å². The molecule has 0 radical (unpaired) electrons. The van der Waals surface area contributed by atoms with Crippen LogP contribution in [0.4, 0.5) is 10.1 Å². The van der Waals surface area contributed by atoms with Crippen LogP contribution >= 0.6 is 11.6 Å². The van der Waals surface area contributed by atoms with Crippen LogP contribution in [-0.2, 0) is 5.88 Å². The molecule has 0 N–H and O–H groups in total. The number of hydrogen-bond acceptors (Lipinski definition) is 1. The third-order valence-electron chi connectivity index (χ3n) is 3.25. The topological polar surface area (TPSA) is 3.24 Å². The van der Waals surface area contributed by atoms with E-state index in [1.54, 1.807) is 6.07 Å². The van der Waals surface area contributed by atoms with Gasteiger partial charge in [-0.25, -0.2) is 4.39 Å². The molecule has 2 rings (SSSR count). The van der Waals surface area contributed by atoms with E-state index in [2.05, 4.69) is 11.8 Å². The Bertz CT molecular complexity index is 359. The Kier molecular flexibility index (Phi) is 3.70. The molecule has 1 heterocycles. The van der Waals surface area contributed by atoms with Crippen LogP contribution in [0.25, 0.3) is 0 Å². The lowest BCUT2D eigenvalue weighted by Gasteiger charge is -2.32. The van der Waals surface area contributed by atoms with Crippen LogP contribution in [0.15, 0.2) is 18.2 Å². The third-order valence-corrected chi connectivity index (χ3v) is 3.55. The van der Waals surface area contributed by atoms with Crippen LogP contribution in [0, 0.1) is 11.7 Å². The van der Waals surface area contributed by atoms with Gasteiger partial charge in [-0.3, -0.25) is 0 Å². The highest BCUT2D eigenvalue weighted by Gasteiger charge is 2.16. The average molecular weight is 242 g/mol. The van der Waals surface area contributed by atoms with Crippen molar-refractivity contribution < 1.29 is 4.39 Å². The van der Waals surface area contributed by atoms with Crippen molar-refractivity contribution in [3.8, 4) is 0 Å². The van der Waals surface area contributed by atoms with E-state index < -0.39 is 0 Å². The Labute approximate surface area is 101 Å². The number of benzene rings is 1. The van der Waals surface area contributed by atoms with Crippen LogP contribution in [0.3, 0.4) is 0 Å². The molecule has 1 aliphatic rings. The fourth-order valence-corrected chi connectivity index (χ4v) is 2.31. The number of rotatable bonds is 2. The van der Waals surface area contributed by atoms with Gasteiger partial charge in [-0.15, -0.1) is 11.6 Å². The highest BCUT2D eigenvalue weighted by Crippen LogP contribution is 2.25. The second kappa shape index (κ2) is 5.05. The molecule has 0 aromatic heterocycles. The molecule has 1 aliphatic heterocycles. The second-order valence-corrected chi connectivity index (χ2v) is 4.89. The van der Waals surface area contributed by atoms with Crippen molar-refractivity contribution >= 4 is 17.3 Å². The zero-order valence-electron chi connectivity index (χ0n) is 9.55. The van der Waals surface area contributed by atoms with Crippen LogP contribution in [0.2, 0.25) is 0 Å². The lowest BCUT2D eigenvalue weighted by atomic mass is 9.98. The molecule has 16 heavy (non-hydrogen) atoms. The molecule has 0 atom stereocenters. The Morgan fingerprint density at radius 3 is 2.62 bits per heavy atom. The van der Waals surface area contributed by atoms with Gasteiger partial charge in [0.25, 0.3) is 0 Å². The number of alkyl halides is 1. The Morgan fingerprint density at radius 2 is 2.00 bits per heavy atom. The summed E-state index contributed by atoms with van der Waals surface area (Å²) in [6.45, 7) is 4.31. The van der Waals surface area contributed by atoms with Crippen LogP contribution in [-0.4, -0.2) is 13.1 Å². The maximum Gasteiger partial charge on any atom is 0.125 e. The minimum Gasteiger partial charge on any atom is -0.371 e. The standard InChI is InChI=1S/C13H17ClFN/c1-10-2-4-16(5-3-10)13-7-11(9-14)6-12(15)8-13/h6-8,10H,2-5,9H2,1H3. The molecular formula is C13H17ClFN. The van der Waals surface area contributed by atoms with E-state index in [0.29, 0.717) is 5.88 Å². The fourth-order valence-electron chi connectivity index (χ4n) is 2.16. The van der Waals surface area contributed by atoms with Gasteiger partial charge >= 0.3 is 0 Å². The van der Waals surface area contributed by atoms with Crippen molar-refractivity contribution in [2.75, 3.05) is 18.0 Å². The van der Waals surface area contributed by atoms with Crippen molar-refractivity contribution in [3.63, 3.8) is 0 Å². The Morgan fingerprint density at radius 1 is 1.31 bits per heavy atom. The molecule has 1 aromatic rings. The molecule has 1 saturated heterocycles. The summed E-state index contributed by atoms with van der Waals surface area (Å²) in [5.74, 6) is 0.971. The summed E-state index contributed by atoms with van der Waals surface area (Å²) in [4.78, 5) is 2.25. The van der Waals surface area contributed by atoms with Gasteiger partial charge in [-0.2, -0.15) is 0 Å². The first kappa shape index (κ1) is 11.7. The van der Waals surface area contributed by atoms with E-state index in [4.69, 9.17) is 11.6 Å². The van der Waals surface area contributed by atoms with Crippen molar-refractivity contribution in [2.24, 2.45) is 5.92 Å². The molecule has 0 saturated carbocycles. The number of halogens is 2. The smallest absolute Gasteiger partial charge is 0.125 e. The first-order chi connectivity index (χ1) is 7.69. The normalized spacial score (nSPS) is 17.8. The summed E-state index contributed by atoms with van der Waals surface area (Å²) in [6.07, 6.45) is 2.37. The van der Waals surface area contributed by atoms with E-state index in [1.807, 2.05) is 6.07 Å². The maximum atomic E-state index is 13.4. The molecule has 0 amide bonds. The molecule has 0 bridgehead atoms. The highest BCUT2D eigenvalue weighted by molar-refractivity contribution is 6.17. The molecule has 88 valence electrons. The van der Waals surface area contributed by atoms with E-state index in [-0.39, 0.29) is 5.82 Å². The molecule has 1 fully saturated rings. The third kappa shape index (κ3) is 2.67. The molecule has 3 heteroatoms. The van der Waals surface area contributed by atoms with Gasteiger partial charge in [0.1, 0.15) is 5.82 Å². The minimum absolute atomic E-state index is 0.188. The zero-order valence-corrected chi connectivity index (χ0v) is 10.3. The summed E-state index contributed by atoms with van der Waals surface area (Å²) >= 11 is 5.75. The van der Waals surface area contributed by atoms with Crippen molar-refractivity contribution in [1.82, 2.24) is 0 Å². The van der Waals surface area contributed by atoms with E-state index in [1.165, 1.54) is 18.9 Å². The van der Waals surface area contributed by atoms with Crippen LogP contribution in [0.5, 0.6) is 0 Å². The number of nitrogens with zero attached hydrogens (tertiary/aromatic N) is 1. The van der Waals surface area contributed by atoms with Gasteiger partial charge in [0.15, 0.2) is 0 Å². The summed E-state index contributed by atoms with van der Waals surface area (Å²) in [6, 6.07) is 5.10. The molecule has 1 aromatic carbocycles. The quantitative estimate of drug-likeness (QED) is 0.712. The molecule has 1 nitrogen and oxygen atoms in total. The van der Waals surface area contributed by atoms with Crippen LogP contribution < -0.4 is 4.90 Å². The molecule has 0 unspecified atom stereocenters. The van der Waals surface area contributed by atoms with E-state index >= 15 is 0 Å². The summed E-state index contributed by atoms with van der Waals surface area (Å²) in [7, 11) is 0. The monoisotopic (exact) mass is 241 g/mol. The average Bonchev–Trinajstić information content (AvgIpc) is 2.29. The molecule has 0 aliphatic carbocycles. The largest absolute Gasteiger partial charge is 0.371 e. The van der Waals surface area contributed by atoms with Crippen molar-refractivity contribution in [3.05, 3.63) is 29.6 Å². The summed E-state index contributed by atoms with van der Waals surface area (Å²) in [5.41, 5.74) is 1.83. The molecular weight excluding hydrogens is 225 g/mol. The first-order valence-electron chi connectivity index (χ1n) is 5.79. The number of anilines is 1. The van der Waals surface area contributed by atoms with Gasteiger partial charge in [0.05, 0.1) is 0 Å². The van der Waals surface area contributed by atoms with E-state index in [9.17, 15) is 4.39 Å². The predicted octanol–water partition coefficient (Wildman–Crippen LogP) is 3.80. The fraction of sp³-hybridized carbons (Fsp3) is 0.538. The number of piperidine rings is 1. The minimum atomic E-state index is -0.188. The maximum absolute atomic E-state index is 13.4. The molecule has 0 spiro atoms. The Hall–Kier alpha value is -0.760. The SMILES string of the molecule is CC1CCN(c2cc(F)cc(CCl)c2)CC1. The number of hydrogen-bond donors (Lipinski definition) is 0. The lowest BCUT2D eigenvalue weighted by molar-refractivity contribution is 0.438. The summed E-state index contributed by atoms with van der Waals surface area (Å²) in [5, 5.41) is 0. The lowest BCUT2D eigenvalue weighted by Crippen LogP contribution is -2.32. The van der Waals surface area contributed by atoms with Crippen molar-refractivity contribution in [2.45, 2.75) is 25.6 Å². The van der Waals surface area contributed by atoms with Gasteiger partial charge < -0.3 is 4.90 Å². The zero-order chi connectivity index (χ0) is 11.5. The summed E-state index contributed by atoms with van der Waals surface area (Å²) < 4.78 is 13.4. The van der Waals surface area contributed by atoms with Gasteiger partial charge in [0.2, 0.25) is 0 Å². The van der Waals surface area contributed by atoms with Crippen LogP contribution in [0.1, 0.15) is 25.3 Å². The van der Waals surface area contributed by atoms with E-state index in [0.717, 1.165) is 30.3 Å². The first-order valence-corrected chi connectivity index (χ1v) is 6.33. The van der Waals surface area contributed by atoms with Gasteiger partial charge in [-0.1, -0.05) is 6.92 Å². The Balaban J connectivity index is 2.16. The highest BCUT2D eigenvalue weighted by atomic mass is 35.5. The van der Waals surface area contributed by atoms with Gasteiger partial charge in [-0.05, 0) is 42.5 Å².